The Kier molecular flexibility index (Phi) is 10.6. The second-order valence-electron chi connectivity index (χ2n) is 12.8. The van der Waals surface area contributed by atoms with Crippen molar-refractivity contribution in [1.29, 1.82) is 0 Å². The molecule has 0 aliphatic carbocycles. The van der Waals surface area contributed by atoms with Crippen molar-refractivity contribution in [1.82, 2.24) is 15.1 Å². The van der Waals surface area contributed by atoms with Crippen LogP contribution in [0.4, 0.5) is 22.0 Å². The van der Waals surface area contributed by atoms with Gasteiger partial charge >= 0.3 is 12.3 Å². The quantitative estimate of drug-likeness (QED) is 0.178. The van der Waals surface area contributed by atoms with Gasteiger partial charge in [0, 0.05) is 50.1 Å². The lowest BCUT2D eigenvalue weighted by atomic mass is 9.86. The van der Waals surface area contributed by atoms with Gasteiger partial charge in [0.15, 0.2) is 11.2 Å². The van der Waals surface area contributed by atoms with E-state index < -0.39 is 46.6 Å². The van der Waals surface area contributed by atoms with E-state index in [1.165, 1.54) is 0 Å². The van der Waals surface area contributed by atoms with Crippen molar-refractivity contribution < 1.29 is 45.5 Å². The zero-order valence-corrected chi connectivity index (χ0v) is 28.3. The molecule has 2 aliphatic rings. The van der Waals surface area contributed by atoms with Crippen LogP contribution in [0.5, 0.6) is 5.75 Å². The highest BCUT2D eigenvalue weighted by atomic mass is 35.5. The minimum Gasteiger partial charge on any atom is -0.451 e. The van der Waals surface area contributed by atoms with Crippen molar-refractivity contribution in [3.8, 4) is 5.75 Å². The van der Waals surface area contributed by atoms with Crippen LogP contribution in [0, 0.1) is 0 Å². The largest absolute Gasteiger partial charge is 0.499 e. The van der Waals surface area contributed by atoms with Gasteiger partial charge in [-0.3, -0.25) is 19.2 Å². The Labute approximate surface area is 299 Å². The van der Waals surface area contributed by atoms with Crippen LogP contribution in [-0.4, -0.2) is 65.5 Å². The maximum atomic E-state index is 14.0. The lowest BCUT2D eigenvalue weighted by Crippen LogP contribution is -2.51. The summed E-state index contributed by atoms with van der Waals surface area (Å²) in [5.74, 6) is -2.44. The number of likely N-dealkylation sites (tertiary alicyclic amines) is 2. The van der Waals surface area contributed by atoms with Crippen LogP contribution in [0.1, 0.15) is 58.8 Å². The number of hydrogen-bond acceptors (Lipinski definition) is 6. The normalized spacial score (nSPS) is 16.3. The van der Waals surface area contributed by atoms with E-state index in [9.17, 15) is 41.1 Å². The van der Waals surface area contributed by atoms with Gasteiger partial charge in [0.05, 0.1) is 5.39 Å². The Morgan fingerprint density at radius 1 is 0.942 bits per heavy atom. The van der Waals surface area contributed by atoms with Crippen molar-refractivity contribution in [3.63, 3.8) is 0 Å². The summed E-state index contributed by atoms with van der Waals surface area (Å²) in [6.07, 6.45) is -8.74. The molecule has 3 amide bonds. The number of carbonyl (C=O) groups excluding carboxylic acids is 3. The Morgan fingerprint density at radius 3 is 2.33 bits per heavy atom. The highest BCUT2D eigenvalue weighted by Crippen LogP contribution is 2.38. The number of alkyl halides is 5. The zero-order chi connectivity index (χ0) is 37.2. The number of amides is 3. The molecule has 15 heteroatoms. The summed E-state index contributed by atoms with van der Waals surface area (Å²) in [6.45, 7) is 2.07. The number of rotatable bonds is 10. The van der Waals surface area contributed by atoms with Crippen LogP contribution >= 0.6 is 11.6 Å². The molecule has 4 aromatic rings. The molecule has 1 aromatic heterocycles. The average Bonchev–Trinajstić information content (AvgIpc) is 3.52. The lowest BCUT2D eigenvalue weighted by Gasteiger charge is -2.35. The van der Waals surface area contributed by atoms with Crippen molar-refractivity contribution in [2.45, 2.75) is 62.9 Å². The molecule has 0 spiro atoms. The second kappa shape index (κ2) is 14.9. The summed E-state index contributed by atoms with van der Waals surface area (Å²) >= 11 is 6.05. The average molecular weight is 746 g/mol. The van der Waals surface area contributed by atoms with Crippen molar-refractivity contribution in [3.05, 3.63) is 110 Å². The number of carbonyl (C=O) groups is 3. The Morgan fingerprint density at radius 2 is 1.65 bits per heavy atom. The first-order valence-electron chi connectivity index (χ1n) is 16.6. The lowest BCUT2D eigenvalue weighted by molar-refractivity contribution is -0.360. The summed E-state index contributed by atoms with van der Waals surface area (Å²) in [6, 6.07) is 16.7. The fourth-order valence-electron chi connectivity index (χ4n) is 6.59. The van der Waals surface area contributed by atoms with Crippen molar-refractivity contribution in [2.24, 2.45) is 0 Å². The minimum atomic E-state index is -5.99. The van der Waals surface area contributed by atoms with Gasteiger partial charge < -0.3 is 24.3 Å². The molecule has 3 heterocycles. The summed E-state index contributed by atoms with van der Waals surface area (Å²) in [7, 11) is 0. The Balaban J connectivity index is 1.18. The molecule has 0 unspecified atom stereocenters. The molecule has 2 saturated heterocycles. The van der Waals surface area contributed by atoms with E-state index in [-0.39, 0.29) is 29.7 Å². The van der Waals surface area contributed by atoms with Crippen LogP contribution < -0.4 is 15.5 Å². The summed E-state index contributed by atoms with van der Waals surface area (Å²) in [5.41, 5.74) is 1.71. The second-order valence-corrected chi connectivity index (χ2v) is 13.3. The molecule has 6 rings (SSSR count). The smallest absolute Gasteiger partial charge is 0.451 e. The van der Waals surface area contributed by atoms with Gasteiger partial charge in [-0.1, -0.05) is 48.0 Å². The number of halogens is 6. The zero-order valence-electron chi connectivity index (χ0n) is 27.6. The van der Waals surface area contributed by atoms with Crippen molar-refractivity contribution in [2.75, 3.05) is 19.6 Å². The molecule has 274 valence electrons. The number of benzene rings is 3. The third kappa shape index (κ3) is 8.22. The topological polar surface area (TPSA) is 109 Å². The number of ether oxygens (including phenoxy) is 1. The van der Waals surface area contributed by atoms with Crippen LogP contribution in [-0.2, 0) is 22.6 Å². The standard InChI is InChI=1S/C37H33ClF5N3O6/c38-25-9-7-22(8-10-25)18-29(35(50)45-16-13-23(14-17-45)27-5-2-1-4-24(27)21-46-15-3-6-33(46)48)44-34(49)32-20-30(47)28-19-26(11-12-31(28)51-32)52-37(42,43)36(39,40)41/h1-2,4-5,7-12,19-20,23,29H,3,6,13-18,21H2,(H,44,49)/t29-/m1/s1. The van der Waals surface area contributed by atoms with Crippen LogP contribution in [0.25, 0.3) is 11.0 Å². The first kappa shape index (κ1) is 36.8. The molecule has 52 heavy (non-hydrogen) atoms. The Hall–Kier alpha value is -4.98. The maximum Gasteiger partial charge on any atom is 0.499 e. The van der Waals surface area contributed by atoms with Gasteiger partial charge in [0.1, 0.15) is 17.4 Å². The van der Waals surface area contributed by atoms with Gasteiger partial charge in [-0.05, 0) is 72.2 Å². The van der Waals surface area contributed by atoms with Crippen LogP contribution in [0.3, 0.4) is 0 Å². The summed E-state index contributed by atoms with van der Waals surface area (Å²) in [4.78, 5) is 56.2. The summed E-state index contributed by atoms with van der Waals surface area (Å²) < 4.78 is 74.0. The molecule has 0 bridgehead atoms. The summed E-state index contributed by atoms with van der Waals surface area (Å²) in [5, 5.41) is 2.73. The molecule has 1 atom stereocenters. The van der Waals surface area contributed by atoms with E-state index in [2.05, 4.69) is 16.1 Å². The van der Waals surface area contributed by atoms with E-state index in [0.29, 0.717) is 55.5 Å². The fraction of sp³-hybridized carbons (Fsp3) is 0.351. The molecule has 2 aliphatic heterocycles. The molecule has 9 nitrogen and oxygen atoms in total. The first-order chi connectivity index (χ1) is 24.7. The third-order valence-electron chi connectivity index (χ3n) is 9.29. The van der Waals surface area contributed by atoms with E-state index in [4.69, 9.17) is 16.0 Å². The third-order valence-corrected chi connectivity index (χ3v) is 9.54. The Bertz CT molecular complexity index is 2030. The van der Waals surface area contributed by atoms with E-state index in [0.717, 1.165) is 42.3 Å². The molecule has 2 fully saturated rings. The van der Waals surface area contributed by atoms with E-state index in [1.54, 1.807) is 29.2 Å². The number of piperidine rings is 1. The molecule has 0 saturated carbocycles. The molecule has 0 radical (unpaired) electrons. The minimum absolute atomic E-state index is 0.0697. The first-order valence-corrected chi connectivity index (χ1v) is 17.0. The number of nitrogens with one attached hydrogen (secondary N) is 1. The van der Waals surface area contributed by atoms with Crippen molar-refractivity contribution >= 4 is 40.3 Å². The molecule has 3 aromatic carbocycles. The highest BCUT2D eigenvalue weighted by molar-refractivity contribution is 6.30. The highest BCUT2D eigenvalue weighted by Gasteiger charge is 2.61. The number of nitrogens with zero attached hydrogens (tertiary/aromatic N) is 2. The van der Waals surface area contributed by atoms with Gasteiger partial charge in [0.25, 0.3) is 5.91 Å². The van der Waals surface area contributed by atoms with Gasteiger partial charge in [0.2, 0.25) is 11.8 Å². The predicted octanol–water partition coefficient (Wildman–Crippen LogP) is 6.85. The van der Waals surface area contributed by atoms with E-state index >= 15 is 0 Å². The molecule has 1 N–H and O–H groups in total. The SMILES string of the molecule is O=C(N[C@H](Cc1ccc(Cl)cc1)C(=O)N1CCC(c2ccccc2CN2CCCC2=O)CC1)c1cc(=O)c2cc(OC(F)(F)C(F)(F)F)ccc2o1. The number of hydrogen-bond donors (Lipinski definition) is 1. The fourth-order valence-corrected chi connectivity index (χ4v) is 6.71. The predicted molar refractivity (Wildman–Crippen MR) is 180 cm³/mol. The molecular formula is C37H33ClF5N3O6. The van der Waals surface area contributed by atoms with E-state index in [1.807, 2.05) is 23.1 Å². The van der Waals surface area contributed by atoms with Gasteiger partial charge in [-0.15, -0.1) is 0 Å². The van der Waals surface area contributed by atoms with Crippen LogP contribution in [0.2, 0.25) is 5.02 Å². The van der Waals surface area contributed by atoms with Crippen LogP contribution in [0.15, 0.2) is 82.0 Å². The monoisotopic (exact) mass is 745 g/mol. The number of fused-ring (bicyclic) bond motifs is 1. The van der Waals surface area contributed by atoms with Gasteiger partial charge in [-0.2, -0.15) is 22.0 Å². The molecular weight excluding hydrogens is 713 g/mol. The van der Waals surface area contributed by atoms with Gasteiger partial charge in [-0.25, -0.2) is 0 Å². The maximum absolute atomic E-state index is 14.0.